The second kappa shape index (κ2) is 9.01. The van der Waals surface area contributed by atoms with Gasteiger partial charge in [0.2, 0.25) is 0 Å². The molecule has 0 aromatic carbocycles. The molecule has 1 atom stereocenters. The van der Waals surface area contributed by atoms with E-state index in [9.17, 15) is 57.7 Å². The molecule has 1 N–H and O–H groups in total. The number of carbonyl (C=O) groups excluding carboxylic acids is 2. The third-order valence-corrected chi connectivity index (χ3v) is 3.92. The fourth-order valence-corrected chi connectivity index (χ4v) is 1.85. The van der Waals surface area contributed by atoms with Gasteiger partial charge in [0, 0.05) is 12.5 Å². The van der Waals surface area contributed by atoms with Crippen LogP contribution in [-0.4, -0.2) is 60.9 Å². The van der Waals surface area contributed by atoms with Crippen molar-refractivity contribution in [3.63, 3.8) is 0 Å². The first-order valence-corrected chi connectivity index (χ1v) is 8.83. The second-order valence-electron chi connectivity index (χ2n) is 5.80. The van der Waals surface area contributed by atoms with E-state index in [2.05, 4.69) is 16.1 Å². The molecule has 30 heavy (non-hydrogen) atoms. The molecule has 17 heteroatoms. The van der Waals surface area contributed by atoms with Gasteiger partial charge in [-0.25, -0.2) is 13.2 Å². The lowest BCUT2D eigenvalue weighted by atomic mass is 10.2. The molecule has 0 aliphatic rings. The van der Waals surface area contributed by atoms with Gasteiger partial charge in [-0.1, -0.05) is 6.58 Å². The first kappa shape index (κ1) is 28.0. The van der Waals surface area contributed by atoms with E-state index in [0.717, 1.165) is 13.8 Å². The Labute approximate surface area is 163 Å². The van der Waals surface area contributed by atoms with Gasteiger partial charge >= 0.3 is 35.3 Å². The lowest BCUT2D eigenvalue weighted by Crippen LogP contribution is -2.62. The molecule has 0 aliphatic carbocycles. The summed E-state index contributed by atoms with van der Waals surface area (Å²) in [5, 5.41) is -3.66. The largest absolute Gasteiger partial charge is 0.743 e. The van der Waals surface area contributed by atoms with E-state index >= 15 is 0 Å². The van der Waals surface area contributed by atoms with Gasteiger partial charge in [-0.2, -0.15) is 35.1 Å². The summed E-state index contributed by atoms with van der Waals surface area (Å²) in [6.45, 7) is 2.27. The molecule has 0 rings (SSSR count). The van der Waals surface area contributed by atoms with Crippen LogP contribution >= 0.6 is 0 Å². The minimum absolute atomic E-state index is 1.08. The number of carbonyl (C=O) groups is 2. The second-order valence-corrected chi connectivity index (χ2v) is 7.30. The summed E-state index contributed by atoms with van der Waals surface area (Å²) < 4.78 is 143. The maximum Gasteiger partial charge on any atom is 0.466 e. The molecule has 0 aliphatic heterocycles. The lowest BCUT2D eigenvalue weighted by molar-refractivity contribution is -0.348. The summed E-state index contributed by atoms with van der Waals surface area (Å²) in [4.78, 5) is 23.4. The zero-order valence-electron chi connectivity index (χ0n) is 15.0. The van der Waals surface area contributed by atoms with Crippen LogP contribution in [0.25, 0.3) is 0 Å². The quantitative estimate of drug-likeness (QED) is 0.176. The Balaban J connectivity index is 6.12. The topological polar surface area (TPSA) is 122 Å². The van der Waals surface area contributed by atoms with Gasteiger partial charge in [0.15, 0.2) is 10.1 Å². The Morgan fingerprint density at radius 2 is 1.53 bits per heavy atom. The summed E-state index contributed by atoms with van der Waals surface area (Å²) in [7, 11) is -6.37. The summed E-state index contributed by atoms with van der Waals surface area (Å²) in [5.41, 5.74) is -2.50. The fraction of sp³-hybridized carbons (Fsp3) is 0.692. The van der Waals surface area contributed by atoms with Gasteiger partial charge in [-0.05, 0) is 13.8 Å². The third-order valence-electron chi connectivity index (χ3n) is 2.98. The summed E-state index contributed by atoms with van der Waals surface area (Å²) >= 11 is 0. The summed E-state index contributed by atoms with van der Waals surface area (Å²) in [6, 6.07) is -1.14. The number of esters is 1. The van der Waals surface area contributed by atoms with E-state index in [4.69, 9.17) is 0 Å². The average Bonchev–Trinajstić information content (AvgIpc) is 2.48. The number of alkyl halides is 8. The molecular weight excluding hydrogens is 466 g/mol. The molecule has 0 aromatic heterocycles. The molecule has 1 amide bonds. The number of halogens is 8. The minimum atomic E-state index is -6.37. The van der Waals surface area contributed by atoms with E-state index < -0.39 is 70.0 Å². The van der Waals surface area contributed by atoms with E-state index in [-0.39, 0.29) is 0 Å². The van der Waals surface area contributed by atoms with E-state index in [0.29, 0.717) is 0 Å². The van der Waals surface area contributed by atoms with Crippen LogP contribution in [0.1, 0.15) is 20.3 Å². The normalized spacial score (nSPS) is 15.5. The highest BCUT2D eigenvalue weighted by Crippen LogP contribution is 2.38. The van der Waals surface area contributed by atoms with Crippen LogP contribution in [0.3, 0.4) is 0 Å². The number of ether oxygens (including phenoxy) is 2. The Kier molecular flexibility index (Phi) is 8.40. The summed E-state index contributed by atoms with van der Waals surface area (Å²) in [5.74, 6) is -10.1. The molecule has 0 saturated heterocycles. The van der Waals surface area contributed by atoms with Crippen LogP contribution in [0.2, 0.25) is 0 Å². The zero-order chi connectivity index (χ0) is 24.3. The Bertz CT molecular complexity index is 775. The van der Waals surface area contributed by atoms with Crippen molar-refractivity contribution in [2.24, 2.45) is 0 Å². The highest BCUT2D eigenvalue weighted by Gasteiger charge is 2.67. The maximum atomic E-state index is 13.5. The Morgan fingerprint density at radius 1 is 1.07 bits per heavy atom. The highest BCUT2D eigenvalue weighted by atomic mass is 32.2. The first-order valence-electron chi connectivity index (χ1n) is 7.43. The lowest BCUT2D eigenvalue weighted by Gasteiger charge is -2.34. The standard InChI is InChI=1S/C13H15F8NO7S/c1-6(2)22-9(24)11(13(19,20)21,29-8(23)7(3)12(16,17)18)28-5-4-10(14,15)30(25,26)27/h6H,3-5H2,1-2H3,(H,22,24)(H,25,26,27)/p-1. The van der Waals surface area contributed by atoms with Crippen molar-refractivity contribution in [1.82, 2.24) is 5.32 Å². The van der Waals surface area contributed by atoms with Crippen LogP contribution < -0.4 is 5.32 Å². The van der Waals surface area contributed by atoms with Crippen molar-refractivity contribution in [1.29, 1.82) is 0 Å². The van der Waals surface area contributed by atoms with Crippen molar-refractivity contribution in [2.75, 3.05) is 6.61 Å². The monoisotopic (exact) mass is 480 g/mol. The smallest absolute Gasteiger partial charge is 0.466 e. The molecule has 176 valence electrons. The molecule has 0 fully saturated rings. The summed E-state index contributed by atoms with van der Waals surface area (Å²) in [6.07, 6.45) is -14.0. The number of rotatable bonds is 9. The molecule has 8 nitrogen and oxygen atoms in total. The fourth-order valence-electron chi connectivity index (χ4n) is 1.51. The van der Waals surface area contributed by atoms with Crippen LogP contribution in [0.15, 0.2) is 12.2 Å². The molecule has 0 radical (unpaired) electrons. The average molecular weight is 480 g/mol. The van der Waals surface area contributed by atoms with Gasteiger partial charge in [0.05, 0.1) is 6.61 Å². The predicted molar refractivity (Wildman–Crippen MR) is 78.6 cm³/mol. The van der Waals surface area contributed by atoms with Gasteiger partial charge in [-0.3, -0.25) is 4.79 Å². The van der Waals surface area contributed by atoms with Crippen molar-refractivity contribution >= 4 is 22.0 Å². The minimum Gasteiger partial charge on any atom is -0.743 e. The zero-order valence-corrected chi connectivity index (χ0v) is 15.8. The van der Waals surface area contributed by atoms with Crippen molar-refractivity contribution in [2.45, 2.75) is 49.7 Å². The van der Waals surface area contributed by atoms with Crippen LogP contribution in [0, 0.1) is 0 Å². The van der Waals surface area contributed by atoms with Crippen LogP contribution in [-0.2, 0) is 29.2 Å². The van der Waals surface area contributed by atoms with E-state index in [1.54, 1.807) is 0 Å². The van der Waals surface area contributed by atoms with Crippen LogP contribution in [0.5, 0.6) is 0 Å². The third kappa shape index (κ3) is 6.76. The molecule has 0 spiro atoms. The van der Waals surface area contributed by atoms with Gasteiger partial charge in [0.25, 0.3) is 0 Å². The number of hydrogen-bond acceptors (Lipinski definition) is 7. The van der Waals surface area contributed by atoms with E-state index in [1.165, 1.54) is 5.32 Å². The van der Waals surface area contributed by atoms with Gasteiger partial charge in [0.1, 0.15) is 5.57 Å². The van der Waals surface area contributed by atoms with Crippen LogP contribution in [0.4, 0.5) is 35.1 Å². The SMILES string of the molecule is C=C(C(=O)OC(OCCC(F)(F)S(=O)(=O)[O-])(C(=O)NC(C)C)C(F)(F)F)C(F)(F)F. The molecular formula is C13H14F8NO7S-. The van der Waals surface area contributed by atoms with Crippen molar-refractivity contribution in [3.8, 4) is 0 Å². The number of hydrogen-bond donors (Lipinski definition) is 1. The van der Waals surface area contributed by atoms with Gasteiger partial charge in [-0.15, -0.1) is 0 Å². The molecule has 0 bridgehead atoms. The molecule has 0 aromatic rings. The highest BCUT2D eigenvalue weighted by molar-refractivity contribution is 7.86. The predicted octanol–water partition coefficient (Wildman–Crippen LogP) is 1.98. The molecule has 0 heterocycles. The molecule has 1 unspecified atom stereocenters. The van der Waals surface area contributed by atoms with Crippen molar-refractivity contribution in [3.05, 3.63) is 12.2 Å². The number of amides is 1. The Hall–Kier alpha value is -2.01. The Morgan fingerprint density at radius 3 is 1.87 bits per heavy atom. The molecule has 0 saturated carbocycles. The number of nitrogens with one attached hydrogen (secondary N) is 1. The van der Waals surface area contributed by atoms with E-state index in [1.807, 2.05) is 0 Å². The maximum absolute atomic E-state index is 13.5. The van der Waals surface area contributed by atoms with Gasteiger partial charge < -0.3 is 19.3 Å². The first-order chi connectivity index (χ1) is 13.1. The van der Waals surface area contributed by atoms with Crippen molar-refractivity contribution < 1.29 is 67.2 Å².